The molecule has 0 fully saturated rings. The predicted octanol–water partition coefficient (Wildman–Crippen LogP) is 0.519. The van der Waals surface area contributed by atoms with E-state index >= 15 is 0 Å². The number of amides is 1. The van der Waals surface area contributed by atoms with Crippen LogP contribution < -0.4 is 15.2 Å². The fraction of sp³-hybridized carbons (Fsp3) is 0.417. The lowest BCUT2D eigenvalue weighted by Gasteiger charge is -2.10. The molecule has 3 N–H and O–H groups in total. The van der Waals surface area contributed by atoms with Crippen molar-refractivity contribution in [3.05, 3.63) is 23.2 Å². The van der Waals surface area contributed by atoms with Crippen LogP contribution in [0.1, 0.15) is 6.42 Å². The number of sulfonamides is 1. The van der Waals surface area contributed by atoms with Gasteiger partial charge < -0.3 is 15.2 Å². The van der Waals surface area contributed by atoms with Crippen LogP contribution in [-0.2, 0) is 19.6 Å². The SMILES string of the molecule is COCCCNS(=O)(=O)c1ccc(OCC(N)=O)c(Cl)c1. The Morgan fingerprint density at radius 2 is 2.14 bits per heavy atom. The quantitative estimate of drug-likeness (QED) is 0.639. The Bertz CT molecular complexity index is 591. The first-order valence-corrected chi connectivity index (χ1v) is 7.92. The van der Waals surface area contributed by atoms with E-state index in [0.29, 0.717) is 13.0 Å². The summed E-state index contributed by atoms with van der Waals surface area (Å²) in [4.78, 5) is 10.6. The van der Waals surface area contributed by atoms with E-state index in [1.165, 1.54) is 18.2 Å². The summed E-state index contributed by atoms with van der Waals surface area (Å²) in [5.41, 5.74) is 4.95. The van der Waals surface area contributed by atoms with E-state index in [-0.39, 0.29) is 28.8 Å². The fourth-order valence-corrected chi connectivity index (χ4v) is 2.82. The van der Waals surface area contributed by atoms with Crippen LogP contribution in [-0.4, -0.2) is 41.2 Å². The molecule has 1 aromatic carbocycles. The van der Waals surface area contributed by atoms with Crippen molar-refractivity contribution in [2.75, 3.05) is 26.9 Å². The summed E-state index contributed by atoms with van der Waals surface area (Å²) in [6.45, 7) is 0.387. The van der Waals surface area contributed by atoms with Gasteiger partial charge in [-0.2, -0.15) is 0 Å². The Morgan fingerprint density at radius 3 is 2.71 bits per heavy atom. The summed E-state index contributed by atoms with van der Waals surface area (Å²) in [5.74, 6) is -0.462. The summed E-state index contributed by atoms with van der Waals surface area (Å²) in [5, 5.41) is 0.0796. The zero-order valence-corrected chi connectivity index (χ0v) is 13.0. The molecule has 0 saturated carbocycles. The number of carbonyl (C=O) groups is 1. The summed E-state index contributed by atoms with van der Waals surface area (Å²) in [7, 11) is -2.11. The van der Waals surface area contributed by atoms with Gasteiger partial charge in [-0.25, -0.2) is 13.1 Å². The topological polar surface area (TPSA) is 108 Å². The summed E-state index contributed by atoms with van der Waals surface area (Å²) >= 11 is 5.91. The number of rotatable bonds is 9. The molecule has 0 unspecified atom stereocenters. The van der Waals surface area contributed by atoms with Crippen LogP contribution in [0.4, 0.5) is 0 Å². The van der Waals surface area contributed by atoms with Crippen molar-refractivity contribution >= 4 is 27.5 Å². The Morgan fingerprint density at radius 1 is 1.43 bits per heavy atom. The standard InChI is InChI=1S/C12H17ClN2O5S/c1-19-6-2-5-15-21(17,18)9-3-4-11(10(13)7-9)20-8-12(14)16/h3-4,7,15H,2,5-6,8H2,1H3,(H2,14,16). The lowest BCUT2D eigenvalue weighted by Crippen LogP contribution is -2.25. The van der Waals surface area contributed by atoms with Crippen molar-refractivity contribution in [2.45, 2.75) is 11.3 Å². The third-order valence-electron chi connectivity index (χ3n) is 2.40. The summed E-state index contributed by atoms with van der Waals surface area (Å²) < 4.78 is 36.3. The van der Waals surface area contributed by atoms with Gasteiger partial charge in [0.15, 0.2) is 6.61 Å². The first-order chi connectivity index (χ1) is 9.86. The average molecular weight is 337 g/mol. The number of hydrogen-bond acceptors (Lipinski definition) is 5. The molecule has 0 bridgehead atoms. The number of halogens is 1. The number of nitrogens with two attached hydrogens (primary N) is 1. The van der Waals surface area contributed by atoms with Crippen molar-refractivity contribution in [1.82, 2.24) is 4.72 Å². The van der Waals surface area contributed by atoms with Crippen LogP contribution in [0, 0.1) is 0 Å². The van der Waals surface area contributed by atoms with Crippen LogP contribution in [0.15, 0.2) is 23.1 Å². The van der Waals surface area contributed by atoms with E-state index in [4.69, 9.17) is 26.8 Å². The van der Waals surface area contributed by atoms with Crippen molar-refractivity contribution in [1.29, 1.82) is 0 Å². The summed E-state index contributed by atoms with van der Waals surface area (Å²) in [6, 6.07) is 3.95. The van der Waals surface area contributed by atoms with Crippen molar-refractivity contribution in [3.63, 3.8) is 0 Å². The fourth-order valence-electron chi connectivity index (χ4n) is 1.42. The molecule has 9 heteroatoms. The largest absolute Gasteiger partial charge is 0.482 e. The minimum atomic E-state index is -3.65. The highest BCUT2D eigenvalue weighted by atomic mass is 35.5. The Balaban J connectivity index is 2.75. The lowest BCUT2D eigenvalue weighted by atomic mass is 10.3. The smallest absolute Gasteiger partial charge is 0.255 e. The zero-order valence-electron chi connectivity index (χ0n) is 11.5. The van der Waals surface area contributed by atoms with Crippen molar-refractivity contribution in [2.24, 2.45) is 5.73 Å². The van der Waals surface area contributed by atoms with Gasteiger partial charge in [0.05, 0.1) is 9.92 Å². The van der Waals surface area contributed by atoms with E-state index in [0.717, 1.165) is 0 Å². The van der Waals surface area contributed by atoms with Gasteiger partial charge in [-0.1, -0.05) is 11.6 Å². The number of primary amides is 1. The van der Waals surface area contributed by atoms with Crippen molar-refractivity contribution < 1.29 is 22.7 Å². The normalized spacial score (nSPS) is 11.3. The molecule has 0 heterocycles. The number of hydrogen-bond donors (Lipinski definition) is 2. The number of carbonyl (C=O) groups excluding carboxylic acids is 1. The minimum Gasteiger partial charge on any atom is -0.482 e. The molecule has 21 heavy (non-hydrogen) atoms. The molecular weight excluding hydrogens is 320 g/mol. The first kappa shape index (κ1) is 17.7. The second-order valence-electron chi connectivity index (χ2n) is 4.09. The van der Waals surface area contributed by atoms with E-state index in [2.05, 4.69) is 4.72 Å². The predicted molar refractivity (Wildman–Crippen MR) is 77.8 cm³/mol. The monoisotopic (exact) mass is 336 g/mol. The lowest BCUT2D eigenvalue weighted by molar-refractivity contribution is -0.119. The molecule has 0 saturated heterocycles. The molecule has 0 spiro atoms. The summed E-state index contributed by atoms with van der Waals surface area (Å²) in [6.07, 6.45) is 0.559. The van der Waals surface area contributed by atoms with Crippen LogP contribution in [0.3, 0.4) is 0 Å². The number of ether oxygens (including phenoxy) is 2. The molecule has 0 aliphatic rings. The molecule has 7 nitrogen and oxygen atoms in total. The minimum absolute atomic E-state index is 0.0105. The molecule has 0 radical (unpaired) electrons. The van der Waals surface area contributed by atoms with E-state index in [9.17, 15) is 13.2 Å². The van der Waals surface area contributed by atoms with Gasteiger partial charge in [-0.15, -0.1) is 0 Å². The number of nitrogens with one attached hydrogen (secondary N) is 1. The Labute approximate surface area is 128 Å². The molecular formula is C12H17ClN2O5S. The first-order valence-electron chi connectivity index (χ1n) is 6.06. The van der Waals surface area contributed by atoms with Gasteiger partial charge in [0, 0.05) is 20.3 Å². The van der Waals surface area contributed by atoms with Gasteiger partial charge in [-0.3, -0.25) is 4.79 Å². The van der Waals surface area contributed by atoms with Gasteiger partial charge in [0.25, 0.3) is 5.91 Å². The van der Waals surface area contributed by atoms with Gasteiger partial charge in [0.1, 0.15) is 5.75 Å². The van der Waals surface area contributed by atoms with Crippen LogP contribution in [0.2, 0.25) is 5.02 Å². The third kappa shape index (κ3) is 5.88. The average Bonchev–Trinajstić information content (AvgIpc) is 2.42. The molecule has 0 aliphatic carbocycles. The maximum absolute atomic E-state index is 12.0. The second-order valence-corrected chi connectivity index (χ2v) is 6.27. The van der Waals surface area contributed by atoms with E-state index < -0.39 is 15.9 Å². The van der Waals surface area contributed by atoms with Gasteiger partial charge in [-0.05, 0) is 24.6 Å². The molecule has 1 amide bonds. The molecule has 1 aromatic rings. The highest BCUT2D eigenvalue weighted by Gasteiger charge is 2.15. The molecule has 1 rings (SSSR count). The van der Waals surface area contributed by atoms with Gasteiger partial charge >= 0.3 is 0 Å². The van der Waals surface area contributed by atoms with Crippen molar-refractivity contribution in [3.8, 4) is 5.75 Å². The van der Waals surface area contributed by atoms with Crippen LogP contribution in [0.25, 0.3) is 0 Å². The molecule has 0 atom stereocenters. The Kier molecular flexibility index (Phi) is 6.90. The number of benzene rings is 1. The highest BCUT2D eigenvalue weighted by molar-refractivity contribution is 7.89. The van der Waals surface area contributed by atoms with Crippen LogP contribution >= 0.6 is 11.6 Å². The van der Waals surface area contributed by atoms with E-state index in [1.807, 2.05) is 0 Å². The van der Waals surface area contributed by atoms with Crippen LogP contribution in [0.5, 0.6) is 5.75 Å². The maximum atomic E-state index is 12.0. The third-order valence-corrected chi connectivity index (χ3v) is 4.15. The second kappa shape index (κ2) is 8.18. The molecule has 0 aliphatic heterocycles. The van der Waals surface area contributed by atoms with Gasteiger partial charge in [0.2, 0.25) is 10.0 Å². The number of methoxy groups -OCH3 is 1. The Hall–Kier alpha value is -1.35. The van der Waals surface area contributed by atoms with E-state index in [1.54, 1.807) is 7.11 Å². The zero-order chi connectivity index (χ0) is 15.9. The molecule has 118 valence electrons. The highest BCUT2D eigenvalue weighted by Crippen LogP contribution is 2.27. The molecule has 0 aromatic heterocycles. The maximum Gasteiger partial charge on any atom is 0.255 e.